The average molecular weight is 234 g/mol. The van der Waals surface area contributed by atoms with Gasteiger partial charge in [-0.3, -0.25) is 9.80 Å². The average Bonchev–Trinajstić information content (AvgIpc) is 2.02. The van der Waals surface area contributed by atoms with Gasteiger partial charge in [0.15, 0.2) is 0 Å². The van der Waals surface area contributed by atoms with Gasteiger partial charge in [-0.25, -0.2) is 0 Å². The van der Waals surface area contributed by atoms with Gasteiger partial charge >= 0.3 is 0 Å². The van der Waals surface area contributed by atoms with E-state index in [0.29, 0.717) is 0 Å². The second-order valence-corrected chi connectivity index (χ2v) is 10.4. The summed E-state index contributed by atoms with van der Waals surface area (Å²) in [5.41, 5.74) is 1.87. The molecule has 84 valence electrons. The summed E-state index contributed by atoms with van der Waals surface area (Å²) < 4.78 is 0. The van der Waals surface area contributed by atoms with Crippen LogP contribution in [-0.2, 0) is 0 Å². The van der Waals surface area contributed by atoms with E-state index in [0.717, 1.165) is 11.0 Å². The lowest BCUT2D eigenvalue weighted by molar-refractivity contribution is 0.394. The Balaban J connectivity index is 2.70. The zero-order chi connectivity index (χ0) is 10.9. The predicted molar refractivity (Wildman–Crippen MR) is 69.9 cm³/mol. The van der Waals surface area contributed by atoms with Gasteiger partial charge in [-0.2, -0.15) is 0 Å². The van der Waals surface area contributed by atoms with Crippen LogP contribution in [0.1, 0.15) is 13.8 Å². The molecular weight excluding hydrogens is 210 g/mol. The molecule has 2 nitrogen and oxygen atoms in total. The quantitative estimate of drug-likeness (QED) is 0.690. The largest absolute Gasteiger partial charge is 0.299 e. The summed E-state index contributed by atoms with van der Waals surface area (Å²) in [4.78, 5) is 4.95. The number of hydrogen-bond acceptors (Lipinski definition) is 2. The van der Waals surface area contributed by atoms with Crippen molar-refractivity contribution in [3.63, 3.8) is 0 Å². The Kier molecular flexibility index (Phi) is 4.78. The van der Waals surface area contributed by atoms with Crippen LogP contribution < -0.4 is 0 Å². The van der Waals surface area contributed by atoms with Crippen LogP contribution in [-0.4, -0.2) is 61.4 Å². The summed E-state index contributed by atoms with van der Waals surface area (Å²) >= 11 is 0. The number of nitrogens with zero attached hydrogens (tertiary/aromatic N) is 2. The van der Waals surface area contributed by atoms with E-state index < -0.39 is 0 Å². The molecule has 0 radical (unpaired) electrons. The third-order valence-electron chi connectivity index (χ3n) is 2.84. The molecule has 0 spiro atoms. The molecule has 0 bridgehead atoms. The molecule has 14 heavy (non-hydrogen) atoms. The van der Waals surface area contributed by atoms with Gasteiger partial charge in [-0.15, -0.1) is 0 Å². The maximum atomic E-state index is 2.48. The summed E-state index contributed by atoms with van der Waals surface area (Å²) in [6.07, 6.45) is 2.78. The van der Waals surface area contributed by atoms with Gasteiger partial charge < -0.3 is 0 Å². The molecule has 1 rings (SSSR count). The van der Waals surface area contributed by atoms with Crippen LogP contribution >= 0.6 is 15.8 Å². The first-order valence-electron chi connectivity index (χ1n) is 5.38. The van der Waals surface area contributed by atoms with Crippen molar-refractivity contribution in [2.45, 2.75) is 24.9 Å². The van der Waals surface area contributed by atoms with Crippen LogP contribution in [0.15, 0.2) is 0 Å². The monoisotopic (exact) mass is 234 g/mol. The van der Waals surface area contributed by atoms with Crippen molar-refractivity contribution in [1.29, 1.82) is 0 Å². The highest BCUT2D eigenvalue weighted by Crippen LogP contribution is 2.80. The molecule has 0 aromatic carbocycles. The zero-order valence-electron chi connectivity index (χ0n) is 10.4. The van der Waals surface area contributed by atoms with Gasteiger partial charge in [0, 0.05) is 0 Å². The number of hydrogen-bond donors (Lipinski definition) is 0. The van der Waals surface area contributed by atoms with E-state index in [-0.39, 0.29) is 15.8 Å². The van der Waals surface area contributed by atoms with Crippen LogP contribution in [0.25, 0.3) is 0 Å². The van der Waals surface area contributed by atoms with Crippen molar-refractivity contribution in [3.05, 3.63) is 0 Å². The minimum Gasteiger partial charge on any atom is -0.299 e. The molecule has 0 saturated carbocycles. The van der Waals surface area contributed by atoms with Crippen molar-refractivity contribution in [2.75, 3.05) is 40.5 Å². The van der Waals surface area contributed by atoms with Gasteiger partial charge in [0.2, 0.25) is 0 Å². The maximum absolute atomic E-state index is 2.48. The standard InChI is InChI=1S/C10H24N2P2/c1-7-13-9(11(3)4)14(8-2)10(13)12(5)6/h9-10H,7-8H2,1-6H3. The first kappa shape index (κ1) is 12.8. The maximum Gasteiger partial charge on any atom is 0.0524 e. The van der Waals surface area contributed by atoms with Gasteiger partial charge in [0.05, 0.1) is 11.0 Å². The lowest BCUT2D eigenvalue weighted by atomic mass is 10.9. The molecule has 1 aliphatic rings. The lowest BCUT2D eigenvalue weighted by Crippen LogP contribution is -2.45. The van der Waals surface area contributed by atoms with E-state index in [2.05, 4.69) is 51.8 Å². The highest BCUT2D eigenvalue weighted by atomic mass is 31.2. The predicted octanol–water partition coefficient (Wildman–Crippen LogP) is 2.69. The van der Waals surface area contributed by atoms with Crippen LogP contribution in [0.5, 0.6) is 0 Å². The number of rotatable bonds is 4. The van der Waals surface area contributed by atoms with Gasteiger partial charge in [-0.1, -0.05) is 29.7 Å². The van der Waals surface area contributed by atoms with Crippen molar-refractivity contribution in [3.8, 4) is 0 Å². The van der Waals surface area contributed by atoms with E-state index in [4.69, 9.17) is 0 Å². The van der Waals surface area contributed by atoms with E-state index in [1.54, 1.807) is 0 Å². The van der Waals surface area contributed by atoms with Crippen LogP contribution in [0.3, 0.4) is 0 Å². The summed E-state index contributed by atoms with van der Waals surface area (Å²) in [5, 5.41) is 0. The van der Waals surface area contributed by atoms with Gasteiger partial charge in [0.1, 0.15) is 0 Å². The SMILES string of the molecule is CCP1C(N(C)C)P(CC)C1N(C)C. The minimum atomic E-state index is 0.234. The highest BCUT2D eigenvalue weighted by Gasteiger charge is 2.49. The molecule has 1 heterocycles. The second-order valence-electron chi connectivity index (χ2n) is 4.28. The Morgan fingerprint density at radius 1 is 0.786 bits per heavy atom. The zero-order valence-corrected chi connectivity index (χ0v) is 12.1. The van der Waals surface area contributed by atoms with E-state index in [1.807, 2.05) is 0 Å². The molecule has 4 heteroatoms. The molecular formula is C10H24N2P2. The molecule has 0 atom stereocenters. The Bertz CT molecular complexity index is 157. The summed E-state index contributed by atoms with van der Waals surface area (Å²) in [5.74, 6) is 0. The summed E-state index contributed by atoms with van der Waals surface area (Å²) in [6.45, 7) is 4.72. The fourth-order valence-corrected chi connectivity index (χ4v) is 12.1. The third-order valence-corrected chi connectivity index (χ3v) is 12.1. The molecule has 0 N–H and O–H groups in total. The van der Waals surface area contributed by atoms with Crippen LogP contribution in [0.4, 0.5) is 0 Å². The van der Waals surface area contributed by atoms with Crippen molar-refractivity contribution in [2.24, 2.45) is 0 Å². The van der Waals surface area contributed by atoms with E-state index in [9.17, 15) is 0 Å². The Morgan fingerprint density at radius 3 is 1.21 bits per heavy atom. The Hall–Kier alpha value is 0.780. The lowest BCUT2D eigenvalue weighted by Gasteiger charge is -2.57. The Labute approximate surface area is 91.5 Å². The fourth-order valence-electron chi connectivity index (χ4n) is 2.39. The van der Waals surface area contributed by atoms with E-state index in [1.165, 1.54) is 12.3 Å². The smallest absolute Gasteiger partial charge is 0.0524 e. The molecule has 0 aliphatic carbocycles. The molecule has 1 fully saturated rings. The first-order chi connectivity index (χ1) is 6.54. The molecule has 0 aromatic rings. The highest BCUT2D eigenvalue weighted by molar-refractivity contribution is 7.92. The van der Waals surface area contributed by atoms with Gasteiger partial charge in [-0.05, 0) is 40.5 Å². The van der Waals surface area contributed by atoms with E-state index >= 15 is 0 Å². The third kappa shape index (κ3) is 2.14. The van der Waals surface area contributed by atoms with Crippen LogP contribution in [0, 0.1) is 0 Å². The normalized spacial score (nSPS) is 37.7. The summed E-state index contributed by atoms with van der Waals surface area (Å²) in [7, 11) is 9.49. The van der Waals surface area contributed by atoms with Crippen LogP contribution in [0.2, 0.25) is 0 Å². The molecule has 1 aliphatic heterocycles. The van der Waals surface area contributed by atoms with Gasteiger partial charge in [0.25, 0.3) is 0 Å². The van der Waals surface area contributed by atoms with Crippen molar-refractivity contribution in [1.82, 2.24) is 9.80 Å². The van der Waals surface area contributed by atoms with Crippen molar-refractivity contribution >= 4 is 15.8 Å². The van der Waals surface area contributed by atoms with Crippen molar-refractivity contribution < 1.29 is 0 Å². The fraction of sp³-hybridized carbons (Fsp3) is 1.00. The molecule has 0 aromatic heterocycles. The Morgan fingerprint density at radius 2 is 1.07 bits per heavy atom. The molecule has 0 amide bonds. The summed E-state index contributed by atoms with van der Waals surface area (Å²) in [6, 6.07) is 0. The molecule has 1 saturated heterocycles. The molecule has 0 unspecified atom stereocenters. The second kappa shape index (κ2) is 5.21. The minimum absolute atomic E-state index is 0.234. The topological polar surface area (TPSA) is 6.48 Å². The first-order valence-corrected chi connectivity index (χ1v) is 8.72.